The van der Waals surface area contributed by atoms with E-state index in [0.717, 1.165) is 5.56 Å². The van der Waals surface area contributed by atoms with Gasteiger partial charge in [-0.2, -0.15) is 0 Å². The molecule has 6 heteroatoms. The lowest BCUT2D eigenvalue weighted by Crippen LogP contribution is -2.28. The molecular formula is C22H23ClO5. The Hall–Kier alpha value is -2.37. The first-order valence-corrected chi connectivity index (χ1v) is 9.59. The zero-order valence-electron chi connectivity index (χ0n) is 16.1. The van der Waals surface area contributed by atoms with E-state index in [1.807, 2.05) is 13.8 Å². The highest BCUT2D eigenvalue weighted by Crippen LogP contribution is 2.38. The van der Waals surface area contributed by atoms with Crippen LogP contribution in [0.1, 0.15) is 58.2 Å². The van der Waals surface area contributed by atoms with E-state index in [1.54, 1.807) is 36.4 Å². The quantitative estimate of drug-likeness (QED) is 0.751. The number of esters is 1. The van der Waals surface area contributed by atoms with Gasteiger partial charge < -0.3 is 14.6 Å². The maximum absolute atomic E-state index is 13.1. The first-order valence-electron chi connectivity index (χ1n) is 9.21. The van der Waals surface area contributed by atoms with E-state index in [9.17, 15) is 14.7 Å². The first-order chi connectivity index (χ1) is 13.3. The Bertz CT molecular complexity index is 889. The molecule has 5 nitrogen and oxygen atoms in total. The van der Waals surface area contributed by atoms with Gasteiger partial charge in [-0.25, -0.2) is 4.79 Å². The number of hydrogen-bond acceptors (Lipinski definition) is 5. The number of carbonyl (C=O) groups excluding carboxylic acids is 2. The summed E-state index contributed by atoms with van der Waals surface area (Å²) < 4.78 is 10.4. The Morgan fingerprint density at radius 3 is 2.50 bits per heavy atom. The largest absolute Gasteiger partial charge is 0.489 e. The van der Waals surface area contributed by atoms with Crippen LogP contribution < -0.4 is 4.74 Å². The van der Waals surface area contributed by atoms with Gasteiger partial charge in [-0.1, -0.05) is 23.7 Å². The normalized spacial score (nSPS) is 17.2. The Balaban J connectivity index is 1.85. The number of Topliss-reactive ketones (excluding diaryl/α,β-unsaturated/α-hetero) is 1. The summed E-state index contributed by atoms with van der Waals surface area (Å²) in [4.78, 5) is 24.6. The summed E-state index contributed by atoms with van der Waals surface area (Å²) in [5.74, 6) is -0.666. The number of carbonyl (C=O) groups is 2. The molecule has 1 N–H and O–H groups in total. The number of hydrogen-bond donors (Lipinski definition) is 1. The molecule has 0 saturated carbocycles. The number of ether oxygens (including phenoxy) is 2. The van der Waals surface area contributed by atoms with Gasteiger partial charge in [0.25, 0.3) is 0 Å². The van der Waals surface area contributed by atoms with Crippen molar-refractivity contribution in [2.45, 2.75) is 38.9 Å². The van der Waals surface area contributed by atoms with E-state index >= 15 is 0 Å². The Labute approximate surface area is 169 Å². The molecule has 1 aliphatic rings. The predicted molar refractivity (Wildman–Crippen MR) is 106 cm³/mol. The van der Waals surface area contributed by atoms with Crippen LogP contribution in [0.2, 0.25) is 5.02 Å². The number of fused-ring (bicyclic) bond motifs is 1. The van der Waals surface area contributed by atoms with Crippen LogP contribution >= 0.6 is 11.6 Å². The third kappa shape index (κ3) is 4.05. The van der Waals surface area contributed by atoms with E-state index in [4.69, 9.17) is 16.3 Å². The molecule has 0 heterocycles. The van der Waals surface area contributed by atoms with Crippen LogP contribution in [0.25, 0.3) is 0 Å². The maximum Gasteiger partial charge on any atom is 0.337 e. The summed E-state index contributed by atoms with van der Waals surface area (Å²) in [5, 5.41) is 11.3. The third-order valence-electron chi connectivity index (χ3n) is 4.90. The van der Waals surface area contributed by atoms with Crippen molar-refractivity contribution in [1.82, 2.24) is 0 Å². The van der Waals surface area contributed by atoms with Gasteiger partial charge in [0.05, 0.1) is 35.8 Å². The molecule has 148 valence electrons. The molecule has 2 aromatic rings. The molecule has 28 heavy (non-hydrogen) atoms. The molecule has 0 amide bonds. The van der Waals surface area contributed by atoms with Crippen LogP contribution in [0.15, 0.2) is 36.4 Å². The van der Waals surface area contributed by atoms with Gasteiger partial charge in [0, 0.05) is 5.56 Å². The Morgan fingerprint density at radius 1 is 1.21 bits per heavy atom. The van der Waals surface area contributed by atoms with Crippen LogP contribution in [-0.4, -0.2) is 30.1 Å². The molecule has 2 aromatic carbocycles. The second-order valence-electron chi connectivity index (χ2n) is 7.17. The van der Waals surface area contributed by atoms with E-state index in [-0.39, 0.29) is 11.9 Å². The van der Waals surface area contributed by atoms with Crippen LogP contribution in [0.5, 0.6) is 5.75 Å². The van der Waals surface area contributed by atoms with Crippen molar-refractivity contribution in [1.29, 1.82) is 0 Å². The van der Waals surface area contributed by atoms with Gasteiger partial charge in [0.2, 0.25) is 0 Å². The summed E-state index contributed by atoms with van der Waals surface area (Å²) in [6.45, 7) is 3.78. The first kappa shape index (κ1) is 20.4. The lowest BCUT2D eigenvalue weighted by molar-refractivity contribution is 0.0594. The van der Waals surface area contributed by atoms with Crippen molar-refractivity contribution in [3.05, 3.63) is 63.7 Å². The van der Waals surface area contributed by atoms with Gasteiger partial charge >= 0.3 is 5.97 Å². The molecule has 0 fully saturated rings. The molecule has 0 bridgehead atoms. The molecule has 0 aliphatic heterocycles. The van der Waals surface area contributed by atoms with Gasteiger partial charge in [0.1, 0.15) is 5.75 Å². The second kappa shape index (κ2) is 8.33. The fraction of sp³-hybridized carbons (Fsp3) is 0.364. The topological polar surface area (TPSA) is 72.8 Å². The number of aryl methyl sites for hydroxylation is 1. The Kier molecular flexibility index (Phi) is 6.06. The van der Waals surface area contributed by atoms with Gasteiger partial charge in [-0.3, -0.25) is 4.79 Å². The van der Waals surface area contributed by atoms with Crippen LogP contribution in [0.4, 0.5) is 0 Å². The summed E-state index contributed by atoms with van der Waals surface area (Å²) in [7, 11) is 1.31. The van der Waals surface area contributed by atoms with Gasteiger partial charge in [-0.15, -0.1) is 0 Å². The average molecular weight is 403 g/mol. The highest BCUT2D eigenvalue weighted by molar-refractivity contribution is 6.32. The van der Waals surface area contributed by atoms with Gasteiger partial charge in [0.15, 0.2) is 5.78 Å². The molecule has 2 unspecified atom stereocenters. The number of ketones is 1. The number of methoxy groups -OCH3 is 1. The summed E-state index contributed by atoms with van der Waals surface area (Å²) >= 11 is 6.28. The molecular weight excluding hydrogens is 380 g/mol. The number of halogens is 1. The average Bonchev–Trinajstić information content (AvgIpc) is 2.68. The van der Waals surface area contributed by atoms with E-state index in [2.05, 4.69) is 4.74 Å². The summed E-state index contributed by atoms with van der Waals surface area (Å²) in [5.41, 5.74) is 2.39. The SMILES string of the molecule is COC(=O)c1ccc(C(O)C2CCc3cc(Cl)c(OC(C)C)cc3C2=O)cc1. The molecule has 0 radical (unpaired) electrons. The smallest absolute Gasteiger partial charge is 0.337 e. The van der Waals surface area contributed by atoms with Crippen molar-refractivity contribution < 1.29 is 24.2 Å². The molecule has 0 spiro atoms. The van der Waals surface area contributed by atoms with E-state index < -0.39 is 18.0 Å². The zero-order chi connectivity index (χ0) is 20.4. The molecule has 0 aromatic heterocycles. The second-order valence-corrected chi connectivity index (χ2v) is 7.58. The lowest BCUT2D eigenvalue weighted by atomic mass is 9.78. The highest BCUT2D eigenvalue weighted by Gasteiger charge is 2.34. The number of benzene rings is 2. The van der Waals surface area contributed by atoms with Gasteiger partial charge in [-0.05, 0) is 62.1 Å². The fourth-order valence-corrected chi connectivity index (χ4v) is 3.72. The van der Waals surface area contributed by atoms with Crippen LogP contribution in [0.3, 0.4) is 0 Å². The zero-order valence-corrected chi connectivity index (χ0v) is 16.8. The molecule has 1 aliphatic carbocycles. The number of aliphatic hydroxyl groups excluding tert-OH is 1. The predicted octanol–water partition coefficient (Wildman–Crippen LogP) is 4.39. The fourth-order valence-electron chi connectivity index (χ4n) is 3.48. The summed E-state index contributed by atoms with van der Waals surface area (Å²) in [6.07, 6.45) is 0.137. The minimum atomic E-state index is -0.961. The Morgan fingerprint density at radius 2 is 1.89 bits per heavy atom. The maximum atomic E-state index is 13.1. The standard InChI is InChI=1S/C22H23ClO5/c1-12(2)28-19-11-17-15(10-18(19)23)8-9-16(21(17)25)20(24)13-4-6-14(7-5-13)22(26)27-3/h4-7,10-12,16,20,24H,8-9H2,1-3H3. The van der Waals surface area contributed by atoms with Crippen molar-refractivity contribution in [2.24, 2.45) is 5.92 Å². The van der Waals surface area contributed by atoms with E-state index in [0.29, 0.717) is 40.3 Å². The molecule has 3 rings (SSSR count). The third-order valence-corrected chi connectivity index (χ3v) is 5.20. The molecule has 0 saturated heterocycles. The molecule has 2 atom stereocenters. The van der Waals surface area contributed by atoms with Crippen LogP contribution in [-0.2, 0) is 11.2 Å². The van der Waals surface area contributed by atoms with Crippen molar-refractivity contribution in [2.75, 3.05) is 7.11 Å². The number of aliphatic hydroxyl groups is 1. The van der Waals surface area contributed by atoms with Crippen molar-refractivity contribution >= 4 is 23.4 Å². The lowest BCUT2D eigenvalue weighted by Gasteiger charge is -2.28. The summed E-state index contributed by atoms with van der Waals surface area (Å²) in [6, 6.07) is 9.92. The monoisotopic (exact) mass is 402 g/mol. The van der Waals surface area contributed by atoms with Crippen molar-refractivity contribution in [3.63, 3.8) is 0 Å². The minimum Gasteiger partial charge on any atom is -0.489 e. The number of rotatable bonds is 5. The minimum absolute atomic E-state index is 0.0658. The highest BCUT2D eigenvalue weighted by atomic mass is 35.5. The van der Waals surface area contributed by atoms with Crippen molar-refractivity contribution in [3.8, 4) is 5.75 Å². The van der Waals surface area contributed by atoms with E-state index in [1.165, 1.54) is 7.11 Å². The van der Waals surface area contributed by atoms with Crippen LogP contribution in [0, 0.1) is 5.92 Å².